The van der Waals surface area contributed by atoms with Crippen molar-refractivity contribution in [3.8, 4) is 17.1 Å². The van der Waals surface area contributed by atoms with Gasteiger partial charge in [-0.05, 0) is 42.3 Å². The summed E-state index contributed by atoms with van der Waals surface area (Å²) in [7, 11) is 1.56. The summed E-state index contributed by atoms with van der Waals surface area (Å²) in [5.41, 5.74) is 8.83. The van der Waals surface area contributed by atoms with E-state index < -0.39 is 0 Å². The second-order valence-corrected chi connectivity index (χ2v) is 5.12. The number of methoxy groups -OCH3 is 1. The van der Waals surface area contributed by atoms with E-state index in [4.69, 9.17) is 14.9 Å². The maximum Gasteiger partial charge on any atom is 0.193 e. The summed E-state index contributed by atoms with van der Waals surface area (Å²) in [6, 6.07) is 12.5. The molecule has 0 saturated heterocycles. The summed E-state index contributed by atoms with van der Waals surface area (Å²) < 4.78 is 11.0. The van der Waals surface area contributed by atoms with Crippen LogP contribution in [0, 0.1) is 0 Å². The first-order valence-corrected chi connectivity index (χ1v) is 7.13. The predicted octanol–water partition coefficient (Wildman–Crippen LogP) is 3.61. The number of nitrogen functional groups attached to an aromatic ring is 1. The smallest absolute Gasteiger partial charge is 0.193 e. The first-order chi connectivity index (χ1) is 10.6. The fraction of sp³-hybridized carbons (Fsp3) is 0.167. The topological polar surface area (TPSA) is 65.5 Å². The van der Waals surface area contributed by atoms with E-state index in [0.717, 1.165) is 17.5 Å². The summed E-state index contributed by atoms with van der Waals surface area (Å²) in [5.74, 6) is 1.10. The molecule has 3 aromatic rings. The van der Waals surface area contributed by atoms with Crippen LogP contribution in [0.5, 0.6) is 5.75 Å². The second-order valence-electron chi connectivity index (χ2n) is 5.12. The van der Waals surface area contributed by atoms with Crippen molar-refractivity contribution in [2.24, 2.45) is 0 Å². The number of anilines is 1. The molecule has 2 N–H and O–H groups in total. The van der Waals surface area contributed by atoms with Crippen molar-refractivity contribution in [2.75, 3.05) is 12.8 Å². The molecular weight excluding hydrogens is 278 g/mol. The first kappa shape index (κ1) is 14.2. The number of hydrogen-bond donors (Lipinski definition) is 1. The third-order valence-corrected chi connectivity index (χ3v) is 3.72. The highest BCUT2D eigenvalue weighted by Gasteiger charge is 2.09. The van der Waals surface area contributed by atoms with Gasteiger partial charge in [-0.2, -0.15) is 0 Å². The lowest BCUT2D eigenvalue weighted by atomic mass is 10.1. The minimum atomic E-state index is -0.0618. The highest BCUT2D eigenvalue weighted by molar-refractivity contribution is 5.80. The van der Waals surface area contributed by atoms with E-state index in [0.29, 0.717) is 28.2 Å². The van der Waals surface area contributed by atoms with Crippen molar-refractivity contribution in [1.29, 1.82) is 0 Å². The SMILES string of the molecule is CCc1ccc2c(=O)cc(-c3ccc(OC)c(N)c3)oc2c1. The Hall–Kier alpha value is -2.75. The molecule has 0 bridgehead atoms. The molecular formula is C18H17NO3. The standard InChI is InChI=1S/C18H17NO3/c1-3-11-4-6-13-15(20)10-17(22-18(13)8-11)12-5-7-16(21-2)14(19)9-12/h4-10H,3,19H2,1-2H3. The summed E-state index contributed by atoms with van der Waals surface area (Å²) in [6.07, 6.45) is 0.888. The largest absolute Gasteiger partial charge is 0.495 e. The number of rotatable bonds is 3. The molecule has 0 radical (unpaired) electrons. The van der Waals surface area contributed by atoms with Gasteiger partial charge in [0.2, 0.25) is 0 Å². The molecule has 4 nitrogen and oxygen atoms in total. The van der Waals surface area contributed by atoms with Gasteiger partial charge in [0.1, 0.15) is 17.1 Å². The molecule has 0 unspecified atom stereocenters. The minimum absolute atomic E-state index is 0.0618. The first-order valence-electron chi connectivity index (χ1n) is 7.13. The Kier molecular flexibility index (Phi) is 3.59. The molecule has 0 saturated carbocycles. The number of fused-ring (bicyclic) bond motifs is 1. The van der Waals surface area contributed by atoms with Crippen LogP contribution >= 0.6 is 0 Å². The van der Waals surface area contributed by atoms with Gasteiger partial charge in [-0.3, -0.25) is 4.79 Å². The number of nitrogens with two attached hydrogens (primary N) is 1. The predicted molar refractivity (Wildman–Crippen MR) is 88.3 cm³/mol. The van der Waals surface area contributed by atoms with Gasteiger partial charge in [0.25, 0.3) is 0 Å². The van der Waals surface area contributed by atoms with Crippen molar-refractivity contribution in [2.45, 2.75) is 13.3 Å². The Bertz CT molecular complexity index is 896. The lowest BCUT2D eigenvalue weighted by Crippen LogP contribution is -2.01. The Morgan fingerprint density at radius 3 is 2.64 bits per heavy atom. The molecule has 0 atom stereocenters. The van der Waals surface area contributed by atoms with Crippen LogP contribution in [-0.2, 0) is 6.42 Å². The van der Waals surface area contributed by atoms with Gasteiger partial charge in [0.05, 0.1) is 18.2 Å². The summed E-state index contributed by atoms with van der Waals surface area (Å²) in [4.78, 5) is 12.3. The van der Waals surface area contributed by atoms with E-state index >= 15 is 0 Å². The van der Waals surface area contributed by atoms with Crippen molar-refractivity contribution < 1.29 is 9.15 Å². The van der Waals surface area contributed by atoms with E-state index in [2.05, 4.69) is 6.92 Å². The fourth-order valence-corrected chi connectivity index (χ4v) is 2.45. The summed E-state index contributed by atoms with van der Waals surface area (Å²) in [6.45, 7) is 2.06. The van der Waals surface area contributed by atoms with Crippen LogP contribution in [0.3, 0.4) is 0 Å². The monoisotopic (exact) mass is 295 g/mol. The molecule has 0 aliphatic carbocycles. The third kappa shape index (κ3) is 2.44. The normalized spacial score (nSPS) is 10.8. The van der Waals surface area contributed by atoms with E-state index in [-0.39, 0.29) is 5.43 Å². The van der Waals surface area contributed by atoms with Crippen LogP contribution in [0.25, 0.3) is 22.3 Å². The van der Waals surface area contributed by atoms with Crippen molar-refractivity contribution in [3.63, 3.8) is 0 Å². The summed E-state index contributed by atoms with van der Waals surface area (Å²) >= 11 is 0. The number of ether oxygens (including phenoxy) is 1. The zero-order valence-electron chi connectivity index (χ0n) is 12.6. The zero-order chi connectivity index (χ0) is 15.7. The average molecular weight is 295 g/mol. The Labute approximate surface area is 128 Å². The van der Waals surface area contributed by atoms with Crippen molar-refractivity contribution >= 4 is 16.7 Å². The Morgan fingerprint density at radius 2 is 1.95 bits per heavy atom. The van der Waals surface area contributed by atoms with Crippen molar-refractivity contribution in [1.82, 2.24) is 0 Å². The van der Waals surface area contributed by atoms with Gasteiger partial charge >= 0.3 is 0 Å². The second kappa shape index (κ2) is 5.56. The third-order valence-electron chi connectivity index (χ3n) is 3.72. The number of benzene rings is 2. The lowest BCUT2D eigenvalue weighted by Gasteiger charge is -2.08. The molecule has 0 amide bonds. The molecule has 0 aliphatic heterocycles. The maximum atomic E-state index is 12.3. The quantitative estimate of drug-likeness (QED) is 0.750. The van der Waals surface area contributed by atoms with E-state index in [9.17, 15) is 4.79 Å². The van der Waals surface area contributed by atoms with Crippen LogP contribution in [0.1, 0.15) is 12.5 Å². The molecule has 4 heteroatoms. The molecule has 2 aromatic carbocycles. The summed E-state index contributed by atoms with van der Waals surface area (Å²) in [5, 5.41) is 0.586. The van der Waals surface area contributed by atoms with Crippen LogP contribution in [0.2, 0.25) is 0 Å². The minimum Gasteiger partial charge on any atom is -0.495 e. The van der Waals surface area contributed by atoms with Crippen LogP contribution in [0.15, 0.2) is 51.7 Å². The van der Waals surface area contributed by atoms with Gasteiger partial charge in [0.15, 0.2) is 5.43 Å². The van der Waals surface area contributed by atoms with E-state index in [1.54, 1.807) is 19.2 Å². The fourth-order valence-electron chi connectivity index (χ4n) is 2.45. The molecule has 0 aliphatic rings. The average Bonchev–Trinajstić information content (AvgIpc) is 2.54. The van der Waals surface area contributed by atoms with Gasteiger partial charge in [0, 0.05) is 11.6 Å². The maximum absolute atomic E-state index is 12.3. The Balaban J connectivity index is 2.18. The van der Waals surface area contributed by atoms with Crippen LogP contribution in [-0.4, -0.2) is 7.11 Å². The van der Waals surface area contributed by atoms with Crippen LogP contribution < -0.4 is 15.9 Å². The molecule has 1 aromatic heterocycles. The molecule has 22 heavy (non-hydrogen) atoms. The highest BCUT2D eigenvalue weighted by Crippen LogP contribution is 2.29. The lowest BCUT2D eigenvalue weighted by molar-refractivity contribution is 0.417. The van der Waals surface area contributed by atoms with Crippen LogP contribution in [0.4, 0.5) is 5.69 Å². The van der Waals surface area contributed by atoms with E-state index in [1.807, 2.05) is 24.3 Å². The zero-order valence-corrected chi connectivity index (χ0v) is 12.6. The van der Waals surface area contributed by atoms with Gasteiger partial charge in [-0.15, -0.1) is 0 Å². The Morgan fingerprint density at radius 1 is 1.14 bits per heavy atom. The van der Waals surface area contributed by atoms with Crippen molar-refractivity contribution in [3.05, 3.63) is 58.3 Å². The number of hydrogen-bond acceptors (Lipinski definition) is 4. The van der Waals surface area contributed by atoms with Gasteiger partial charge in [-0.1, -0.05) is 13.0 Å². The molecule has 0 fully saturated rings. The molecule has 3 rings (SSSR count). The van der Waals surface area contributed by atoms with E-state index in [1.165, 1.54) is 6.07 Å². The van der Waals surface area contributed by atoms with Gasteiger partial charge < -0.3 is 14.9 Å². The number of aryl methyl sites for hydroxylation is 1. The molecule has 0 spiro atoms. The van der Waals surface area contributed by atoms with Gasteiger partial charge in [-0.25, -0.2) is 0 Å². The highest BCUT2D eigenvalue weighted by atomic mass is 16.5. The molecule has 1 heterocycles. The molecule has 112 valence electrons.